The summed E-state index contributed by atoms with van der Waals surface area (Å²) in [6.45, 7) is 15.8. The lowest BCUT2D eigenvalue weighted by Gasteiger charge is -2.15. The predicted octanol–water partition coefficient (Wildman–Crippen LogP) is 13.9. The lowest BCUT2D eigenvalue weighted by molar-refractivity contribution is 1.20. The van der Waals surface area contributed by atoms with E-state index in [1.165, 1.54) is 10.8 Å². The van der Waals surface area contributed by atoms with Gasteiger partial charge in [0.15, 0.2) is 0 Å². The molecule has 0 amide bonds. The number of nitrogens with zero attached hydrogens (tertiary/aromatic N) is 4. The first-order valence-corrected chi connectivity index (χ1v) is 19.7. The molecule has 0 N–H and O–H groups in total. The highest BCUT2D eigenvalue weighted by Gasteiger charge is 2.16. The van der Waals surface area contributed by atoms with Crippen molar-refractivity contribution < 1.29 is 0 Å². The second kappa shape index (κ2) is 20.5. The Kier molecular flexibility index (Phi) is 14.3. The maximum atomic E-state index is 5.87. The van der Waals surface area contributed by atoms with Crippen LogP contribution in [0, 0.1) is 12.3 Å². The van der Waals surface area contributed by atoms with Crippen molar-refractivity contribution in [1.82, 2.24) is 4.57 Å². The first-order valence-electron chi connectivity index (χ1n) is 19.7. The van der Waals surface area contributed by atoms with Crippen LogP contribution >= 0.6 is 0 Å². The summed E-state index contributed by atoms with van der Waals surface area (Å²) in [6, 6.07) is 35.6. The summed E-state index contributed by atoms with van der Waals surface area (Å²) >= 11 is 0. The number of aliphatic imine (C=N–C) groups is 3. The van der Waals surface area contributed by atoms with Gasteiger partial charge in [-0.1, -0.05) is 165 Å². The zero-order valence-electron chi connectivity index (χ0n) is 33.8. The summed E-state index contributed by atoms with van der Waals surface area (Å²) in [5.41, 5.74) is 11.9. The van der Waals surface area contributed by atoms with Crippen LogP contribution in [-0.2, 0) is 0 Å². The smallest absolute Gasteiger partial charge is 0.0947 e. The van der Waals surface area contributed by atoms with E-state index in [9.17, 15) is 0 Å². The van der Waals surface area contributed by atoms with Crippen LogP contribution in [0.3, 0.4) is 0 Å². The van der Waals surface area contributed by atoms with Crippen molar-refractivity contribution in [2.75, 3.05) is 0 Å². The minimum Gasteiger partial charge on any atom is -0.309 e. The summed E-state index contributed by atoms with van der Waals surface area (Å²) < 4.78 is 2.32. The Morgan fingerprint density at radius 3 is 2.15 bits per heavy atom. The van der Waals surface area contributed by atoms with Gasteiger partial charge in [0.25, 0.3) is 0 Å². The molecule has 0 aliphatic carbocycles. The number of benzene rings is 4. The zero-order valence-corrected chi connectivity index (χ0v) is 33.8. The van der Waals surface area contributed by atoms with Crippen LogP contribution in [0.5, 0.6) is 0 Å². The molecule has 0 fully saturated rings. The van der Waals surface area contributed by atoms with Crippen LogP contribution in [0.1, 0.15) is 43.4 Å². The van der Waals surface area contributed by atoms with Crippen LogP contribution in [0.25, 0.3) is 38.8 Å². The average molecular weight is 765 g/mol. The number of terminal acetylenes is 1. The fourth-order valence-corrected chi connectivity index (χ4v) is 7.02. The molecule has 0 spiro atoms. The van der Waals surface area contributed by atoms with Crippen molar-refractivity contribution in [2.45, 2.75) is 26.7 Å². The summed E-state index contributed by atoms with van der Waals surface area (Å²) in [5.74, 6) is 2.80. The highest BCUT2D eigenvalue weighted by Crippen LogP contribution is 2.33. The van der Waals surface area contributed by atoms with E-state index in [0.29, 0.717) is 18.5 Å². The molecule has 0 saturated heterocycles. The zero-order chi connectivity index (χ0) is 41.4. The van der Waals surface area contributed by atoms with Crippen molar-refractivity contribution in [3.05, 3.63) is 235 Å². The molecular formula is C55H48N4. The van der Waals surface area contributed by atoms with E-state index in [2.05, 4.69) is 174 Å². The van der Waals surface area contributed by atoms with Gasteiger partial charge < -0.3 is 4.57 Å². The number of allylic oxidation sites excluding steroid dienone is 17. The highest BCUT2D eigenvalue weighted by atomic mass is 15.0. The molecule has 0 radical (unpaired) electrons. The lowest BCUT2D eigenvalue weighted by Crippen LogP contribution is -2.06. The molecule has 6 rings (SSSR count). The molecule has 1 aliphatic heterocycles. The van der Waals surface area contributed by atoms with Gasteiger partial charge in [-0.15, -0.1) is 12.3 Å². The van der Waals surface area contributed by atoms with Crippen LogP contribution in [0.2, 0.25) is 0 Å². The topological polar surface area (TPSA) is 42.0 Å². The summed E-state index contributed by atoms with van der Waals surface area (Å²) in [6.07, 6.45) is 35.2. The SMILES string of the molecule is C#CC/C=C(\N=C(C(=C/C=C\C1=C(N=C)\C(=C\C)N=CC\C=C/1)/C=C(\C=C\C)n1c2ccccc2c2ccccc21)\c1ccccc1)c1ccc(/C(C=C)=C/C=C)cc1. The molecule has 1 aromatic heterocycles. The molecule has 2 heterocycles. The molecule has 0 unspecified atom stereocenters. The Bertz CT molecular complexity index is 2700. The third-order valence-corrected chi connectivity index (χ3v) is 9.75. The van der Waals surface area contributed by atoms with Crippen molar-refractivity contribution in [1.29, 1.82) is 0 Å². The van der Waals surface area contributed by atoms with Gasteiger partial charge in [0.1, 0.15) is 0 Å². The molecule has 1 aliphatic rings. The van der Waals surface area contributed by atoms with Gasteiger partial charge >= 0.3 is 0 Å². The maximum absolute atomic E-state index is 5.87. The Labute approximate surface area is 349 Å². The van der Waals surface area contributed by atoms with E-state index in [0.717, 1.165) is 67.2 Å². The molecular weight excluding hydrogens is 717 g/mol. The van der Waals surface area contributed by atoms with Gasteiger partial charge in [0.2, 0.25) is 0 Å². The third-order valence-electron chi connectivity index (χ3n) is 9.75. The first-order chi connectivity index (χ1) is 29.0. The van der Waals surface area contributed by atoms with Crippen LogP contribution in [-0.4, -0.2) is 23.2 Å². The van der Waals surface area contributed by atoms with Crippen molar-refractivity contribution >= 4 is 57.4 Å². The summed E-state index contributed by atoms with van der Waals surface area (Å²) in [4.78, 5) is 14.6. The predicted molar refractivity (Wildman–Crippen MR) is 258 cm³/mol. The van der Waals surface area contributed by atoms with E-state index < -0.39 is 0 Å². The van der Waals surface area contributed by atoms with Gasteiger partial charge in [-0.05, 0) is 67.6 Å². The molecule has 0 saturated carbocycles. The quantitative estimate of drug-likeness (QED) is 0.0614. The fourth-order valence-electron chi connectivity index (χ4n) is 7.02. The standard InChI is InChI=1S/C55H48N4/c1-7-12-32-51(43-37-35-42(36-38-43)41(10-4)23-8-2)58-54(44-25-14-13-15-26-44)46(29-22-28-45-27-20-21-39-57-50(11-5)55(45)56-6)40-47(24-9-3)59-52-33-18-16-30-48(52)49-31-17-19-34-53(49)59/h1,8-11,13-20,22-40H,2,4,6,12,21H2,3,5H3/b24-9+,27-20-,28-22-,41-23+,46-29+,47-40+,50-11-,51-32-,55-45-,57-39?,58-54-. The third kappa shape index (κ3) is 9.68. The fraction of sp³-hybridized carbons (Fsp3) is 0.0727. The Morgan fingerprint density at radius 2 is 1.53 bits per heavy atom. The normalized spacial score (nSPS) is 17.1. The van der Waals surface area contributed by atoms with Crippen molar-refractivity contribution in [3.8, 4) is 12.3 Å². The molecule has 0 bridgehead atoms. The molecule has 4 heteroatoms. The highest BCUT2D eigenvalue weighted by molar-refractivity contribution is 6.17. The van der Waals surface area contributed by atoms with Crippen molar-refractivity contribution in [3.63, 3.8) is 0 Å². The number of aromatic nitrogens is 1. The second-order valence-corrected chi connectivity index (χ2v) is 13.5. The minimum atomic E-state index is 0.407. The van der Waals surface area contributed by atoms with Gasteiger partial charge in [0, 0.05) is 52.2 Å². The lowest BCUT2D eigenvalue weighted by atomic mass is 9.98. The summed E-state index contributed by atoms with van der Waals surface area (Å²) in [5, 5.41) is 2.36. The first kappa shape index (κ1) is 41.0. The van der Waals surface area contributed by atoms with Crippen LogP contribution in [0.15, 0.2) is 233 Å². The molecule has 288 valence electrons. The van der Waals surface area contributed by atoms with Crippen LogP contribution < -0.4 is 0 Å². The number of hydrogen-bond acceptors (Lipinski definition) is 3. The number of fused-ring (bicyclic) bond motifs is 3. The monoisotopic (exact) mass is 764 g/mol. The Hall–Kier alpha value is -7.61. The van der Waals surface area contributed by atoms with Gasteiger partial charge in [-0.3, -0.25) is 9.98 Å². The van der Waals surface area contributed by atoms with Gasteiger partial charge in [-0.2, -0.15) is 0 Å². The molecule has 5 aromatic rings. The number of para-hydroxylation sites is 2. The van der Waals surface area contributed by atoms with E-state index in [1.807, 2.05) is 62.6 Å². The average Bonchev–Trinajstić information content (AvgIpc) is 3.60. The molecule has 4 aromatic carbocycles. The molecule has 59 heavy (non-hydrogen) atoms. The number of rotatable bonds is 14. The van der Waals surface area contributed by atoms with E-state index in [4.69, 9.17) is 11.4 Å². The summed E-state index contributed by atoms with van der Waals surface area (Å²) in [7, 11) is 0. The van der Waals surface area contributed by atoms with E-state index >= 15 is 0 Å². The van der Waals surface area contributed by atoms with Gasteiger partial charge in [-0.25, -0.2) is 4.99 Å². The largest absolute Gasteiger partial charge is 0.309 e. The van der Waals surface area contributed by atoms with E-state index in [1.54, 1.807) is 6.08 Å². The van der Waals surface area contributed by atoms with Crippen molar-refractivity contribution in [2.24, 2.45) is 15.0 Å². The van der Waals surface area contributed by atoms with E-state index in [-0.39, 0.29) is 0 Å². The maximum Gasteiger partial charge on any atom is 0.0947 e. The van der Waals surface area contributed by atoms with Gasteiger partial charge in [0.05, 0.1) is 33.8 Å². The molecule has 4 nitrogen and oxygen atoms in total. The van der Waals surface area contributed by atoms with Crippen LogP contribution in [0.4, 0.5) is 0 Å². The Morgan fingerprint density at radius 1 is 0.847 bits per heavy atom. The Balaban J connectivity index is 1.65. The second-order valence-electron chi connectivity index (χ2n) is 13.5. The number of hydrogen-bond donors (Lipinski definition) is 0. The minimum absolute atomic E-state index is 0.407. The molecule has 0 atom stereocenters.